The third kappa shape index (κ3) is 3.51. The molecule has 1 aromatic heterocycles. The normalized spacial score (nSPS) is 12.3. The van der Waals surface area contributed by atoms with E-state index in [0.29, 0.717) is 5.16 Å². The highest BCUT2D eigenvalue weighted by molar-refractivity contribution is 8.00. The van der Waals surface area contributed by atoms with Gasteiger partial charge in [0.15, 0.2) is 5.16 Å². The van der Waals surface area contributed by atoms with Gasteiger partial charge in [0.1, 0.15) is 5.25 Å². The Morgan fingerprint density at radius 2 is 1.93 bits per heavy atom. The molecule has 1 aromatic rings. The van der Waals surface area contributed by atoms with E-state index in [1.807, 2.05) is 19.9 Å². The third-order valence-corrected chi connectivity index (χ3v) is 2.72. The average molecular weight is 226 g/mol. The van der Waals surface area contributed by atoms with Crippen molar-refractivity contribution in [1.82, 2.24) is 9.97 Å². The Morgan fingerprint density at radius 1 is 1.40 bits per heavy atom. The average Bonchev–Trinajstić information content (AvgIpc) is 2.14. The zero-order chi connectivity index (χ0) is 11.4. The third-order valence-electron chi connectivity index (χ3n) is 1.78. The van der Waals surface area contributed by atoms with E-state index in [0.717, 1.165) is 11.4 Å². The molecular formula is C10H14N2O2S. The molecule has 1 rings (SSSR count). The second-order valence-corrected chi connectivity index (χ2v) is 4.52. The van der Waals surface area contributed by atoms with Crippen LogP contribution < -0.4 is 0 Å². The Labute approximate surface area is 93.5 Å². The number of aromatic nitrogens is 2. The summed E-state index contributed by atoms with van der Waals surface area (Å²) in [4.78, 5) is 19.7. The Bertz CT molecular complexity index is 348. The number of aryl methyl sites for hydroxylation is 2. The monoisotopic (exact) mass is 226 g/mol. The predicted octanol–water partition coefficient (Wildman–Crippen LogP) is 1.75. The van der Waals surface area contributed by atoms with Gasteiger partial charge in [-0.15, -0.1) is 0 Å². The Hall–Kier alpha value is -1.10. The number of hydrogen-bond acceptors (Lipinski definition) is 5. The van der Waals surface area contributed by atoms with E-state index < -0.39 is 0 Å². The molecule has 1 atom stereocenters. The number of carbonyl (C=O) groups is 1. The van der Waals surface area contributed by atoms with Crippen molar-refractivity contribution in [3.05, 3.63) is 17.5 Å². The number of esters is 1. The Kier molecular flexibility index (Phi) is 4.08. The number of methoxy groups -OCH3 is 1. The first kappa shape index (κ1) is 12.0. The molecule has 1 heterocycles. The van der Waals surface area contributed by atoms with Crippen molar-refractivity contribution in [3.63, 3.8) is 0 Å². The van der Waals surface area contributed by atoms with Gasteiger partial charge in [-0.25, -0.2) is 9.97 Å². The smallest absolute Gasteiger partial charge is 0.318 e. The van der Waals surface area contributed by atoms with Gasteiger partial charge < -0.3 is 4.74 Å². The number of carbonyl (C=O) groups excluding carboxylic acids is 1. The van der Waals surface area contributed by atoms with Gasteiger partial charge in [0.2, 0.25) is 0 Å². The highest BCUT2D eigenvalue weighted by Crippen LogP contribution is 2.20. The second kappa shape index (κ2) is 5.11. The zero-order valence-corrected chi connectivity index (χ0v) is 10.1. The summed E-state index contributed by atoms with van der Waals surface area (Å²) < 4.78 is 4.63. The van der Waals surface area contributed by atoms with Crippen molar-refractivity contribution in [2.75, 3.05) is 7.11 Å². The van der Waals surface area contributed by atoms with Crippen molar-refractivity contribution in [2.45, 2.75) is 31.2 Å². The van der Waals surface area contributed by atoms with Crippen LogP contribution in [0.3, 0.4) is 0 Å². The first-order valence-electron chi connectivity index (χ1n) is 4.59. The molecule has 0 aromatic carbocycles. The van der Waals surface area contributed by atoms with E-state index >= 15 is 0 Å². The first-order chi connectivity index (χ1) is 7.02. The molecule has 0 aliphatic rings. The largest absolute Gasteiger partial charge is 0.468 e. The van der Waals surface area contributed by atoms with Crippen LogP contribution in [0.5, 0.6) is 0 Å². The van der Waals surface area contributed by atoms with Crippen molar-refractivity contribution in [1.29, 1.82) is 0 Å². The van der Waals surface area contributed by atoms with Gasteiger partial charge in [-0.1, -0.05) is 11.8 Å². The summed E-state index contributed by atoms with van der Waals surface area (Å²) in [6.07, 6.45) is 0. The molecular weight excluding hydrogens is 212 g/mol. The van der Waals surface area contributed by atoms with E-state index in [1.54, 1.807) is 6.92 Å². The van der Waals surface area contributed by atoms with Crippen LogP contribution in [-0.2, 0) is 9.53 Å². The Balaban J connectivity index is 2.76. The predicted molar refractivity (Wildman–Crippen MR) is 58.8 cm³/mol. The molecule has 4 nitrogen and oxygen atoms in total. The fourth-order valence-corrected chi connectivity index (χ4v) is 2.02. The lowest BCUT2D eigenvalue weighted by Gasteiger charge is -2.08. The maximum Gasteiger partial charge on any atom is 0.318 e. The molecule has 0 amide bonds. The molecule has 0 spiro atoms. The van der Waals surface area contributed by atoms with Gasteiger partial charge in [0.25, 0.3) is 0 Å². The number of thioether (sulfide) groups is 1. The lowest BCUT2D eigenvalue weighted by Crippen LogP contribution is -2.15. The van der Waals surface area contributed by atoms with Crippen LogP contribution >= 0.6 is 11.8 Å². The summed E-state index contributed by atoms with van der Waals surface area (Å²) in [6, 6.07) is 1.90. The maximum atomic E-state index is 11.2. The second-order valence-electron chi connectivity index (χ2n) is 3.22. The number of hydrogen-bond donors (Lipinski definition) is 0. The minimum absolute atomic E-state index is 0.261. The quantitative estimate of drug-likeness (QED) is 0.446. The molecule has 5 heteroatoms. The highest BCUT2D eigenvalue weighted by atomic mass is 32.2. The molecule has 0 fully saturated rings. The lowest BCUT2D eigenvalue weighted by atomic mass is 10.4. The summed E-state index contributed by atoms with van der Waals surface area (Å²) >= 11 is 1.31. The molecule has 15 heavy (non-hydrogen) atoms. The summed E-state index contributed by atoms with van der Waals surface area (Å²) in [5, 5.41) is 0.335. The van der Waals surface area contributed by atoms with Gasteiger partial charge in [-0.2, -0.15) is 0 Å². The molecule has 0 saturated carbocycles. The summed E-state index contributed by atoms with van der Waals surface area (Å²) in [7, 11) is 1.38. The van der Waals surface area contributed by atoms with Crippen LogP contribution in [0, 0.1) is 13.8 Å². The molecule has 0 saturated heterocycles. The zero-order valence-electron chi connectivity index (χ0n) is 9.27. The molecule has 0 aliphatic carbocycles. The van der Waals surface area contributed by atoms with Gasteiger partial charge in [-0.05, 0) is 26.8 Å². The van der Waals surface area contributed by atoms with E-state index in [9.17, 15) is 4.79 Å². The number of ether oxygens (including phenoxy) is 1. The van der Waals surface area contributed by atoms with Gasteiger partial charge in [0, 0.05) is 11.4 Å². The Morgan fingerprint density at radius 3 is 2.40 bits per heavy atom. The first-order valence-corrected chi connectivity index (χ1v) is 5.47. The highest BCUT2D eigenvalue weighted by Gasteiger charge is 2.16. The summed E-state index contributed by atoms with van der Waals surface area (Å²) in [5.74, 6) is -0.261. The number of rotatable bonds is 3. The van der Waals surface area contributed by atoms with Gasteiger partial charge in [-0.3, -0.25) is 4.79 Å². The van der Waals surface area contributed by atoms with Crippen molar-refractivity contribution in [2.24, 2.45) is 0 Å². The van der Waals surface area contributed by atoms with E-state index in [1.165, 1.54) is 18.9 Å². The van der Waals surface area contributed by atoms with Gasteiger partial charge in [0.05, 0.1) is 7.11 Å². The van der Waals surface area contributed by atoms with Gasteiger partial charge >= 0.3 is 5.97 Å². The standard InChI is InChI=1S/C10H14N2O2S/c1-6-5-7(2)12-10(11-6)15-8(3)9(13)14-4/h5,8H,1-4H3. The fraction of sp³-hybridized carbons (Fsp3) is 0.500. The SMILES string of the molecule is COC(=O)C(C)Sc1nc(C)cc(C)n1. The maximum absolute atomic E-state index is 11.2. The number of nitrogens with zero attached hydrogens (tertiary/aromatic N) is 2. The van der Waals surface area contributed by atoms with Crippen molar-refractivity contribution < 1.29 is 9.53 Å². The van der Waals surface area contributed by atoms with Crippen LogP contribution in [0.2, 0.25) is 0 Å². The van der Waals surface area contributed by atoms with E-state index in [4.69, 9.17) is 0 Å². The summed E-state index contributed by atoms with van der Waals surface area (Å²) in [5.41, 5.74) is 1.81. The van der Waals surface area contributed by atoms with Crippen LogP contribution in [0.25, 0.3) is 0 Å². The fourth-order valence-electron chi connectivity index (χ4n) is 1.12. The molecule has 0 N–H and O–H groups in total. The van der Waals surface area contributed by atoms with E-state index in [-0.39, 0.29) is 11.2 Å². The molecule has 0 aliphatic heterocycles. The molecule has 82 valence electrons. The topological polar surface area (TPSA) is 52.1 Å². The minimum atomic E-state index is -0.281. The van der Waals surface area contributed by atoms with Crippen LogP contribution in [0.15, 0.2) is 11.2 Å². The molecule has 0 radical (unpaired) electrons. The van der Waals surface area contributed by atoms with Crippen LogP contribution in [-0.4, -0.2) is 28.3 Å². The van der Waals surface area contributed by atoms with Crippen LogP contribution in [0.4, 0.5) is 0 Å². The molecule has 0 bridgehead atoms. The molecule has 1 unspecified atom stereocenters. The minimum Gasteiger partial charge on any atom is -0.468 e. The lowest BCUT2D eigenvalue weighted by molar-refractivity contribution is -0.139. The van der Waals surface area contributed by atoms with E-state index in [2.05, 4.69) is 14.7 Å². The summed E-state index contributed by atoms with van der Waals surface area (Å²) in [6.45, 7) is 5.58. The van der Waals surface area contributed by atoms with Crippen molar-refractivity contribution >= 4 is 17.7 Å². The van der Waals surface area contributed by atoms with Crippen LogP contribution in [0.1, 0.15) is 18.3 Å². The van der Waals surface area contributed by atoms with Crippen molar-refractivity contribution in [3.8, 4) is 0 Å².